The van der Waals surface area contributed by atoms with Crippen LogP contribution in [0, 0.1) is 0 Å². The molecule has 0 aliphatic heterocycles. The van der Waals surface area contributed by atoms with Gasteiger partial charge in [0.1, 0.15) is 18.3 Å². The van der Waals surface area contributed by atoms with Gasteiger partial charge in [-0.05, 0) is 6.07 Å². The summed E-state index contributed by atoms with van der Waals surface area (Å²) in [5, 5.41) is 13.0. The zero-order chi connectivity index (χ0) is 10.8. The Bertz CT molecular complexity index is 519. The van der Waals surface area contributed by atoms with Gasteiger partial charge in [-0.25, -0.2) is 8.91 Å². The van der Waals surface area contributed by atoms with E-state index in [0.29, 0.717) is 5.52 Å². The Hall–Kier alpha value is -1.69. The number of alkyl halides is 1. The molecule has 0 amide bonds. The van der Waals surface area contributed by atoms with Crippen molar-refractivity contribution in [2.45, 2.75) is 12.6 Å². The number of aromatic nitrogens is 3. The van der Waals surface area contributed by atoms with E-state index in [2.05, 4.69) is 5.10 Å². The molecule has 15 heavy (non-hydrogen) atoms. The van der Waals surface area contributed by atoms with Gasteiger partial charge in [0.2, 0.25) is 0 Å². The van der Waals surface area contributed by atoms with Crippen molar-refractivity contribution in [2.24, 2.45) is 0 Å². The molecule has 2 aromatic rings. The van der Waals surface area contributed by atoms with Crippen LogP contribution >= 0.6 is 0 Å². The molecule has 0 bridgehead atoms. The number of hydrogen-bond donors (Lipinski definition) is 1. The summed E-state index contributed by atoms with van der Waals surface area (Å²) in [6, 6.07) is 1.57. The molecule has 1 unspecified atom stereocenters. The minimum Gasteiger partial charge on any atom is -0.389 e. The van der Waals surface area contributed by atoms with E-state index >= 15 is 0 Å². The molecule has 1 atom stereocenters. The number of rotatable bonds is 3. The Balaban J connectivity index is 2.44. The Morgan fingerprint density at radius 2 is 2.33 bits per heavy atom. The molecular formula is C9H10FN3O2. The van der Waals surface area contributed by atoms with Gasteiger partial charge in [0.25, 0.3) is 5.56 Å². The van der Waals surface area contributed by atoms with E-state index in [1.165, 1.54) is 21.5 Å². The third kappa shape index (κ3) is 1.75. The first-order valence-corrected chi connectivity index (χ1v) is 4.49. The summed E-state index contributed by atoms with van der Waals surface area (Å²) in [5.41, 5.74) is 0.117. The number of aliphatic hydroxyl groups is 1. The van der Waals surface area contributed by atoms with E-state index in [1.807, 2.05) is 0 Å². The molecular weight excluding hydrogens is 201 g/mol. The highest BCUT2D eigenvalue weighted by Crippen LogP contribution is 1.96. The van der Waals surface area contributed by atoms with Crippen LogP contribution in [0.15, 0.2) is 29.5 Å². The average molecular weight is 211 g/mol. The Kier molecular flexibility index (Phi) is 2.51. The van der Waals surface area contributed by atoms with Crippen LogP contribution in [0.2, 0.25) is 0 Å². The maximum absolute atomic E-state index is 12.1. The first-order chi connectivity index (χ1) is 7.22. The molecule has 6 heteroatoms. The van der Waals surface area contributed by atoms with E-state index in [-0.39, 0.29) is 12.1 Å². The van der Waals surface area contributed by atoms with Crippen LogP contribution in [0.3, 0.4) is 0 Å². The summed E-state index contributed by atoms with van der Waals surface area (Å²) in [6.45, 7) is -0.909. The topological polar surface area (TPSA) is 59.5 Å². The minimum atomic E-state index is -1.15. The smallest absolute Gasteiger partial charge is 0.276 e. The number of hydrogen-bond acceptors (Lipinski definition) is 3. The van der Waals surface area contributed by atoms with Crippen molar-refractivity contribution >= 4 is 5.52 Å². The zero-order valence-corrected chi connectivity index (χ0v) is 7.88. The van der Waals surface area contributed by atoms with Crippen molar-refractivity contribution in [1.29, 1.82) is 0 Å². The largest absolute Gasteiger partial charge is 0.389 e. The fraction of sp³-hybridized carbons (Fsp3) is 0.333. The van der Waals surface area contributed by atoms with Gasteiger partial charge in [0.05, 0.1) is 12.7 Å². The second-order valence-electron chi connectivity index (χ2n) is 3.22. The Morgan fingerprint density at radius 3 is 3.07 bits per heavy atom. The van der Waals surface area contributed by atoms with Crippen molar-refractivity contribution < 1.29 is 9.50 Å². The summed E-state index contributed by atoms with van der Waals surface area (Å²) >= 11 is 0. The maximum Gasteiger partial charge on any atom is 0.276 e. The molecule has 0 aliphatic carbocycles. The standard InChI is InChI=1S/C9H10FN3O2/c10-5-7(14)6-12-3-4-13-8(9(12)15)1-2-11-13/h1-4,7,14H,5-6H2. The van der Waals surface area contributed by atoms with Gasteiger partial charge >= 0.3 is 0 Å². The van der Waals surface area contributed by atoms with Crippen LogP contribution in [-0.2, 0) is 6.54 Å². The van der Waals surface area contributed by atoms with E-state index in [9.17, 15) is 9.18 Å². The molecule has 1 N–H and O–H groups in total. The number of halogens is 1. The number of aliphatic hydroxyl groups excluding tert-OH is 1. The summed E-state index contributed by atoms with van der Waals surface area (Å²) < 4.78 is 14.8. The second kappa shape index (κ2) is 3.82. The third-order valence-corrected chi connectivity index (χ3v) is 2.12. The predicted octanol–water partition coefficient (Wildman–Crippen LogP) is -0.174. The lowest BCUT2D eigenvalue weighted by Gasteiger charge is -2.08. The highest BCUT2D eigenvalue weighted by atomic mass is 19.1. The first kappa shape index (κ1) is 9.85. The van der Waals surface area contributed by atoms with Gasteiger partial charge < -0.3 is 9.67 Å². The Labute approximate surface area is 84.4 Å². The zero-order valence-electron chi connectivity index (χ0n) is 7.88. The molecule has 5 nitrogen and oxygen atoms in total. The molecule has 0 spiro atoms. The van der Waals surface area contributed by atoms with Crippen molar-refractivity contribution in [3.8, 4) is 0 Å². The SMILES string of the molecule is O=c1c2ccnn2ccn1CC(O)CF. The highest BCUT2D eigenvalue weighted by molar-refractivity contribution is 5.42. The van der Waals surface area contributed by atoms with Gasteiger partial charge in [-0.3, -0.25) is 4.79 Å². The summed E-state index contributed by atoms with van der Waals surface area (Å²) in [4.78, 5) is 11.7. The van der Waals surface area contributed by atoms with Gasteiger partial charge in [-0.2, -0.15) is 5.10 Å². The molecule has 0 radical (unpaired) electrons. The number of nitrogens with zero attached hydrogens (tertiary/aromatic N) is 3. The fourth-order valence-electron chi connectivity index (χ4n) is 1.38. The van der Waals surface area contributed by atoms with E-state index in [4.69, 9.17) is 5.11 Å². The van der Waals surface area contributed by atoms with Crippen LogP contribution in [0.4, 0.5) is 4.39 Å². The molecule has 0 saturated carbocycles. The summed E-state index contributed by atoms with van der Waals surface area (Å²) in [6.07, 6.45) is 3.42. The number of fused-ring (bicyclic) bond motifs is 1. The predicted molar refractivity (Wildman–Crippen MR) is 51.4 cm³/mol. The van der Waals surface area contributed by atoms with Gasteiger partial charge in [0.15, 0.2) is 0 Å². The average Bonchev–Trinajstić information content (AvgIpc) is 2.70. The van der Waals surface area contributed by atoms with Crippen LogP contribution < -0.4 is 5.56 Å². The second-order valence-corrected chi connectivity index (χ2v) is 3.22. The van der Waals surface area contributed by atoms with E-state index < -0.39 is 12.8 Å². The molecule has 2 rings (SSSR count). The Morgan fingerprint density at radius 1 is 1.53 bits per heavy atom. The fourth-order valence-corrected chi connectivity index (χ4v) is 1.38. The monoisotopic (exact) mass is 211 g/mol. The first-order valence-electron chi connectivity index (χ1n) is 4.49. The van der Waals surface area contributed by atoms with E-state index in [0.717, 1.165) is 0 Å². The molecule has 2 heterocycles. The van der Waals surface area contributed by atoms with Crippen molar-refractivity contribution in [3.05, 3.63) is 35.0 Å². The molecule has 80 valence electrons. The van der Waals surface area contributed by atoms with Gasteiger partial charge in [-0.15, -0.1) is 0 Å². The summed E-state index contributed by atoms with van der Waals surface area (Å²) in [7, 11) is 0. The van der Waals surface area contributed by atoms with Crippen LogP contribution in [0.5, 0.6) is 0 Å². The van der Waals surface area contributed by atoms with E-state index in [1.54, 1.807) is 12.3 Å². The van der Waals surface area contributed by atoms with Crippen LogP contribution in [0.1, 0.15) is 0 Å². The lowest BCUT2D eigenvalue weighted by atomic mass is 10.4. The van der Waals surface area contributed by atoms with Gasteiger partial charge in [-0.1, -0.05) is 0 Å². The summed E-state index contributed by atoms with van der Waals surface area (Å²) in [5.74, 6) is 0. The quantitative estimate of drug-likeness (QED) is 0.766. The minimum absolute atomic E-state index is 0.0446. The normalized spacial score (nSPS) is 13.2. The lowest BCUT2D eigenvalue weighted by Crippen LogP contribution is -2.28. The van der Waals surface area contributed by atoms with Gasteiger partial charge in [0, 0.05) is 12.4 Å². The van der Waals surface area contributed by atoms with Crippen molar-refractivity contribution in [3.63, 3.8) is 0 Å². The third-order valence-electron chi connectivity index (χ3n) is 2.12. The maximum atomic E-state index is 12.1. The molecule has 0 aliphatic rings. The van der Waals surface area contributed by atoms with Crippen molar-refractivity contribution in [2.75, 3.05) is 6.67 Å². The molecule has 0 fully saturated rings. The molecule has 2 aromatic heterocycles. The van der Waals surface area contributed by atoms with Crippen molar-refractivity contribution in [1.82, 2.24) is 14.2 Å². The highest BCUT2D eigenvalue weighted by Gasteiger charge is 2.07. The lowest BCUT2D eigenvalue weighted by molar-refractivity contribution is 0.121. The van der Waals surface area contributed by atoms with Crippen LogP contribution in [-0.4, -0.2) is 32.1 Å². The molecule has 0 aromatic carbocycles. The molecule has 0 saturated heterocycles. The van der Waals surface area contributed by atoms with Crippen LogP contribution in [0.25, 0.3) is 5.52 Å².